The zero-order chi connectivity index (χ0) is 20.9. The van der Waals surface area contributed by atoms with E-state index >= 15 is 0 Å². The number of hydrogen-bond acceptors (Lipinski definition) is 2. The van der Waals surface area contributed by atoms with Crippen LogP contribution in [-0.2, 0) is 7.05 Å². The largest absolute Gasteiger partial charge is 0.437 e. The average Bonchev–Trinajstić information content (AvgIpc) is 3.12. The summed E-state index contributed by atoms with van der Waals surface area (Å²) in [4.78, 5) is 4.34. The molecular formula is C24H19N2O+. The third-order valence-corrected chi connectivity index (χ3v) is 4.91. The number of pyridine rings is 2. The quantitative estimate of drug-likeness (QED) is 0.395. The van der Waals surface area contributed by atoms with E-state index in [2.05, 4.69) is 4.98 Å². The highest BCUT2D eigenvalue weighted by Gasteiger charge is 2.20. The molecule has 130 valence electrons. The van der Waals surface area contributed by atoms with Gasteiger partial charge in [0.2, 0.25) is 11.4 Å². The van der Waals surface area contributed by atoms with E-state index in [4.69, 9.17) is 8.53 Å². The van der Waals surface area contributed by atoms with Crippen LogP contribution >= 0.6 is 0 Å². The van der Waals surface area contributed by atoms with Gasteiger partial charge in [-0.05, 0) is 36.2 Å². The van der Waals surface area contributed by atoms with Gasteiger partial charge in [-0.2, -0.15) is 0 Å². The van der Waals surface area contributed by atoms with Gasteiger partial charge in [0.25, 0.3) is 0 Å². The standard InChI is InChI=1S/C24H19N2O/c1-16-15-26(2)22(14-21(16)17-8-4-3-5-9-17)20-11-6-10-18-19-12-7-13-25-24(19)27-23(18)20/h3-15H,1-2H3/q+1/i1D3. The van der Waals surface area contributed by atoms with Crippen LogP contribution in [0.2, 0.25) is 0 Å². The third kappa shape index (κ3) is 2.51. The molecule has 3 aromatic heterocycles. The van der Waals surface area contributed by atoms with Gasteiger partial charge in [0, 0.05) is 32.7 Å². The van der Waals surface area contributed by atoms with Crippen LogP contribution in [0.3, 0.4) is 0 Å². The first-order chi connectivity index (χ1) is 14.4. The lowest BCUT2D eigenvalue weighted by atomic mass is 9.98. The summed E-state index contributed by atoms with van der Waals surface area (Å²) in [6, 6.07) is 21.4. The van der Waals surface area contributed by atoms with Gasteiger partial charge >= 0.3 is 0 Å². The number of aromatic nitrogens is 2. The number of benzene rings is 2. The molecule has 3 heterocycles. The van der Waals surface area contributed by atoms with Gasteiger partial charge in [-0.3, -0.25) is 0 Å². The van der Waals surface area contributed by atoms with Crippen LogP contribution < -0.4 is 4.57 Å². The van der Waals surface area contributed by atoms with E-state index in [0.717, 1.165) is 33.2 Å². The molecule has 0 unspecified atom stereocenters. The smallest absolute Gasteiger partial charge is 0.227 e. The average molecular weight is 354 g/mol. The highest BCUT2D eigenvalue weighted by atomic mass is 16.3. The number of aryl methyl sites for hydroxylation is 2. The fraction of sp³-hybridized carbons (Fsp3) is 0.0833. The van der Waals surface area contributed by atoms with Gasteiger partial charge in [-0.1, -0.05) is 42.5 Å². The van der Waals surface area contributed by atoms with E-state index in [1.54, 1.807) is 12.4 Å². The summed E-state index contributed by atoms with van der Waals surface area (Å²) in [5.41, 5.74) is 4.96. The van der Waals surface area contributed by atoms with Crippen LogP contribution in [0.5, 0.6) is 0 Å². The van der Waals surface area contributed by atoms with Gasteiger partial charge in [0.1, 0.15) is 7.05 Å². The molecule has 2 aromatic carbocycles. The summed E-state index contributed by atoms with van der Waals surface area (Å²) in [6.45, 7) is -2.23. The lowest BCUT2D eigenvalue weighted by Gasteiger charge is -2.08. The summed E-state index contributed by atoms with van der Waals surface area (Å²) < 4.78 is 32.0. The highest BCUT2D eigenvalue weighted by Crippen LogP contribution is 2.35. The predicted octanol–water partition coefficient (Wildman–Crippen LogP) is 5.45. The minimum Gasteiger partial charge on any atom is -0.437 e. The first-order valence-electron chi connectivity index (χ1n) is 10.3. The lowest BCUT2D eigenvalue weighted by Crippen LogP contribution is -2.31. The first-order valence-corrected chi connectivity index (χ1v) is 8.80. The zero-order valence-corrected chi connectivity index (χ0v) is 14.8. The maximum absolute atomic E-state index is 8.03. The van der Waals surface area contributed by atoms with E-state index in [-0.39, 0.29) is 0 Å². The van der Waals surface area contributed by atoms with Crippen molar-refractivity contribution in [2.45, 2.75) is 6.85 Å². The summed E-state index contributed by atoms with van der Waals surface area (Å²) >= 11 is 0. The van der Waals surface area contributed by atoms with Crippen molar-refractivity contribution < 1.29 is 13.1 Å². The Kier molecular flexibility index (Phi) is 2.88. The number of nitrogens with zero attached hydrogens (tertiary/aromatic N) is 2. The van der Waals surface area contributed by atoms with E-state index in [0.29, 0.717) is 16.8 Å². The minimum absolute atomic E-state index is 0.318. The maximum atomic E-state index is 8.03. The number of fused-ring (bicyclic) bond motifs is 3. The Bertz CT molecular complexity index is 1390. The van der Waals surface area contributed by atoms with Crippen molar-refractivity contribution in [3.05, 3.63) is 84.7 Å². The number of para-hydroxylation sites is 1. The molecule has 27 heavy (non-hydrogen) atoms. The van der Waals surface area contributed by atoms with E-state index in [9.17, 15) is 0 Å². The van der Waals surface area contributed by atoms with Crippen molar-refractivity contribution in [1.29, 1.82) is 0 Å². The molecule has 0 atom stereocenters. The highest BCUT2D eigenvalue weighted by molar-refractivity contribution is 6.08. The Hall–Kier alpha value is -3.46. The van der Waals surface area contributed by atoms with Crippen molar-refractivity contribution in [1.82, 2.24) is 4.98 Å². The molecule has 0 aliphatic heterocycles. The predicted molar refractivity (Wildman–Crippen MR) is 108 cm³/mol. The van der Waals surface area contributed by atoms with Gasteiger partial charge in [0.15, 0.2) is 11.8 Å². The van der Waals surface area contributed by atoms with Crippen molar-refractivity contribution in [3.8, 4) is 22.4 Å². The Morgan fingerprint density at radius 2 is 1.78 bits per heavy atom. The Labute approximate surface area is 161 Å². The van der Waals surface area contributed by atoms with Crippen molar-refractivity contribution in [3.63, 3.8) is 0 Å². The van der Waals surface area contributed by atoms with Crippen molar-refractivity contribution >= 4 is 22.1 Å². The maximum Gasteiger partial charge on any atom is 0.227 e. The van der Waals surface area contributed by atoms with Crippen LogP contribution in [0.1, 0.15) is 9.68 Å². The van der Waals surface area contributed by atoms with Crippen LogP contribution in [0.15, 0.2) is 83.5 Å². The van der Waals surface area contributed by atoms with Crippen LogP contribution in [0.25, 0.3) is 44.5 Å². The molecule has 5 rings (SSSR count). The zero-order valence-electron chi connectivity index (χ0n) is 17.8. The number of hydrogen-bond donors (Lipinski definition) is 0. The van der Waals surface area contributed by atoms with Crippen LogP contribution in [0, 0.1) is 6.85 Å². The van der Waals surface area contributed by atoms with E-state index in [1.807, 2.05) is 78.3 Å². The van der Waals surface area contributed by atoms with Crippen LogP contribution in [0.4, 0.5) is 0 Å². The lowest BCUT2D eigenvalue weighted by molar-refractivity contribution is -0.660. The fourth-order valence-corrected chi connectivity index (χ4v) is 3.61. The van der Waals surface area contributed by atoms with Gasteiger partial charge in [-0.25, -0.2) is 9.55 Å². The second-order valence-electron chi connectivity index (χ2n) is 6.60. The van der Waals surface area contributed by atoms with Gasteiger partial charge in [0.05, 0.1) is 5.56 Å². The Balaban J connectivity index is 1.82. The van der Waals surface area contributed by atoms with Gasteiger partial charge in [-0.15, -0.1) is 0 Å². The van der Waals surface area contributed by atoms with Gasteiger partial charge < -0.3 is 4.42 Å². The molecule has 3 heteroatoms. The van der Waals surface area contributed by atoms with E-state index < -0.39 is 6.85 Å². The Morgan fingerprint density at radius 3 is 2.63 bits per heavy atom. The SMILES string of the molecule is [2H]C([2H])([2H])c1c[n+](C)c(-c2cccc3c2oc2ncccc23)cc1-c1ccccc1. The molecule has 0 saturated carbocycles. The first kappa shape index (κ1) is 12.8. The molecule has 0 fully saturated rings. The van der Waals surface area contributed by atoms with E-state index in [1.165, 1.54) is 0 Å². The summed E-state index contributed by atoms with van der Waals surface area (Å²) in [5, 5.41) is 1.94. The fourth-order valence-electron chi connectivity index (χ4n) is 3.61. The number of rotatable bonds is 2. The molecule has 0 N–H and O–H groups in total. The monoisotopic (exact) mass is 354 g/mol. The summed E-state index contributed by atoms with van der Waals surface area (Å²) in [5.74, 6) is 0. The molecule has 3 nitrogen and oxygen atoms in total. The Morgan fingerprint density at radius 1 is 0.926 bits per heavy atom. The molecule has 0 spiro atoms. The van der Waals surface area contributed by atoms with Crippen LogP contribution in [-0.4, -0.2) is 4.98 Å². The number of furan rings is 1. The normalized spacial score (nSPS) is 13.4. The second kappa shape index (κ2) is 6.06. The second-order valence-corrected chi connectivity index (χ2v) is 6.60. The van der Waals surface area contributed by atoms with Crippen molar-refractivity contribution in [2.24, 2.45) is 7.05 Å². The third-order valence-electron chi connectivity index (χ3n) is 4.91. The molecule has 0 amide bonds. The molecule has 0 aliphatic rings. The molecule has 0 aliphatic carbocycles. The van der Waals surface area contributed by atoms with Crippen molar-refractivity contribution in [2.75, 3.05) is 0 Å². The topological polar surface area (TPSA) is 29.9 Å². The molecule has 0 saturated heterocycles. The molecule has 5 aromatic rings. The molecule has 0 bridgehead atoms. The summed E-state index contributed by atoms with van der Waals surface area (Å²) in [6.07, 6.45) is 3.41. The molecular weight excluding hydrogens is 332 g/mol. The minimum atomic E-state index is -2.23. The summed E-state index contributed by atoms with van der Waals surface area (Å²) in [7, 11) is 1.86. The molecule has 0 radical (unpaired) electrons.